The normalized spacial score (nSPS) is 14.8. The number of hydrogen-bond donors (Lipinski definition) is 1. The van der Waals surface area contributed by atoms with Crippen LogP contribution in [-0.4, -0.2) is 43.4 Å². The lowest BCUT2D eigenvalue weighted by molar-refractivity contribution is 0.122. The second-order valence-electron chi connectivity index (χ2n) is 7.47. The lowest BCUT2D eigenvalue weighted by Crippen LogP contribution is -2.36. The van der Waals surface area contributed by atoms with Crippen LogP contribution in [0, 0.1) is 5.82 Å². The summed E-state index contributed by atoms with van der Waals surface area (Å²) in [6, 6.07) is 6.25. The lowest BCUT2D eigenvalue weighted by Gasteiger charge is -2.28. The first-order valence-electron chi connectivity index (χ1n) is 10.3. The second kappa shape index (κ2) is 9.99. The summed E-state index contributed by atoms with van der Waals surface area (Å²) in [7, 11) is 1.60. The zero-order valence-electron chi connectivity index (χ0n) is 18.1. The van der Waals surface area contributed by atoms with Gasteiger partial charge in [0.15, 0.2) is 11.6 Å². The fourth-order valence-corrected chi connectivity index (χ4v) is 4.32. The van der Waals surface area contributed by atoms with Gasteiger partial charge in [-0.2, -0.15) is 0 Å². The van der Waals surface area contributed by atoms with Crippen molar-refractivity contribution in [3.63, 3.8) is 0 Å². The van der Waals surface area contributed by atoms with Crippen molar-refractivity contribution >= 4 is 34.8 Å². The molecule has 4 rings (SSSR count). The number of ether oxygens (including phenoxy) is 3. The van der Waals surface area contributed by atoms with Crippen molar-refractivity contribution in [2.75, 3.05) is 44.0 Å². The van der Waals surface area contributed by atoms with Crippen LogP contribution in [0.15, 0.2) is 36.7 Å². The van der Waals surface area contributed by atoms with Gasteiger partial charge in [-0.3, -0.25) is 0 Å². The third-order valence-corrected chi connectivity index (χ3v) is 6.10. The molecule has 1 aliphatic heterocycles. The van der Waals surface area contributed by atoms with Gasteiger partial charge < -0.3 is 24.8 Å². The van der Waals surface area contributed by atoms with Gasteiger partial charge in [-0.1, -0.05) is 23.2 Å². The van der Waals surface area contributed by atoms with Gasteiger partial charge in [-0.25, -0.2) is 14.4 Å². The Morgan fingerprint density at radius 2 is 1.88 bits per heavy atom. The van der Waals surface area contributed by atoms with Gasteiger partial charge in [0, 0.05) is 53.3 Å². The maximum absolute atomic E-state index is 14.0. The predicted molar refractivity (Wildman–Crippen MR) is 127 cm³/mol. The first kappa shape index (κ1) is 23.4. The maximum Gasteiger partial charge on any atom is 0.166 e. The summed E-state index contributed by atoms with van der Waals surface area (Å²) >= 11 is 12.4. The number of rotatable bonds is 6. The van der Waals surface area contributed by atoms with Gasteiger partial charge in [-0.05, 0) is 25.1 Å². The van der Waals surface area contributed by atoms with E-state index in [9.17, 15) is 4.39 Å². The minimum Gasteiger partial charge on any atom is -0.496 e. The Balaban J connectivity index is 1.64. The molecule has 7 nitrogen and oxygen atoms in total. The second-order valence-corrected chi connectivity index (χ2v) is 8.25. The highest BCUT2D eigenvalue weighted by Gasteiger charge is 2.21. The number of morpholine rings is 1. The third kappa shape index (κ3) is 4.93. The summed E-state index contributed by atoms with van der Waals surface area (Å²) in [6.45, 7) is 4.55. The highest BCUT2D eigenvalue weighted by molar-refractivity contribution is 6.36. The van der Waals surface area contributed by atoms with Crippen molar-refractivity contribution in [1.29, 1.82) is 0 Å². The Bertz CT molecular complexity index is 1160. The molecule has 0 radical (unpaired) electrons. The highest BCUT2D eigenvalue weighted by atomic mass is 35.5. The Morgan fingerprint density at radius 3 is 2.61 bits per heavy atom. The van der Waals surface area contributed by atoms with E-state index in [0.717, 1.165) is 24.5 Å². The van der Waals surface area contributed by atoms with Crippen molar-refractivity contribution in [3.8, 4) is 22.6 Å². The van der Waals surface area contributed by atoms with E-state index in [-0.39, 0.29) is 10.8 Å². The molecule has 1 atom stereocenters. The topological polar surface area (TPSA) is 82.7 Å². The summed E-state index contributed by atoms with van der Waals surface area (Å²) in [5.74, 6) is 1.33. The van der Waals surface area contributed by atoms with E-state index in [2.05, 4.69) is 14.9 Å². The minimum absolute atomic E-state index is 0.0951. The molecule has 0 spiro atoms. The average Bonchev–Trinajstić information content (AvgIpc) is 2.83. The van der Waals surface area contributed by atoms with Crippen LogP contribution in [0.25, 0.3) is 11.1 Å². The summed E-state index contributed by atoms with van der Waals surface area (Å²) in [5, 5.41) is 0.198. The molecule has 0 saturated carbocycles. The van der Waals surface area contributed by atoms with E-state index in [4.69, 9.17) is 43.1 Å². The molecule has 3 heterocycles. The van der Waals surface area contributed by atoms with Crippen LogP contribution in [0.3, 0.4) is 0 Å². The number of aromatic nitrogens is 2. The molecule has 3 aromatic rings. The fraction of sp³-hybridized carbons (Fsp3) is 0.304. The van der Waals surface area contributed by atoms with Gasteiger partial charge in [0.05, 0.1) is 25.3 Å². The smallest absolute Gasteiger partial charge is 0.166 e. The Morgan fingerprint density at radius 1 is 1.12 bits per heavy atom. The van der Waals surface area contributed by atoms with Gasteiger partial charge in [0.2, 0.25) is 0 Å². The SMILES string of the molecule is COc1cc(N2CCOCC2)ncc1-c1cnc(N)c(O[C@H](C)c2c(Cl)ccc(F)c2Cl)c1. The number of nitrogens with zero attached hydrogens (tertiary/aromatic N) is 3. The summed E-state index contributed by atoms with van der Waals surface area (Å²) in [6.07, 6.45) is 2.66. The van der Waals surface area contributed by atoms with E-state index in [1.54, 1.807) is 32.5 Å². The van der Waals surface area contributed by atoms with Gasteiger partial charge in [-0.15, -0.1) is 0 Å². The van der Waals surface area contributed by atoms with E-state index in [1.807, 2.05) is 6.07 Å². The van der Waals surface area contributed by atoms with Crippen LogP contribution >= 0.6 is 23.2 Å². The molecule has 1 fully saturated rings. The van der Waals surface area contributed by atoms with Crippen LogP contribution < -0.4 is 20.1 Å². The monoisotopic (exact) mass is 492 g/mol. The predicted octanol–water partition coefficient (Wildman–Crippen LogP) is 5.16. The Kier molecular flexibility index (Phi) is 7.07. The molecule has 10 heteroatoms. The van der Waals surface area contributed by atoms with Crippen LogP contribution in [0.4, 0.5) is 16.0 Å². The molecule has 2 aromatic heterocycles. The van der Waals surface area contributed by atoms with Crippen molar-refractivity contribution in [2.24, 2.45) is 0 Å². The number of anilines is 2. The third-order valence-electron chi connectivity index (χ3n) is 5.39. The number of nitrogen functional groups attached to an aromatic ring is 1. The van der Waals surface area contributed by atoms with E-state index in [1.165, 1.54) is 12.1 Å². The van der Waals surface area contributed by atoms with Crippen LogP contribution in [-0.2, 0) is 4.74 Å². The number of pyridine rings is 2. The van der Waals surface area contributed by atoms with Gasteiger partial charge in [0.1, 0.15) is 23.5 Å². The Hall–Kier alpha value is -2.81. The largest absolute Gasteiger partial charge is 0.496 e. The van der Waals surface area contributed by atoms with Crippen molar-refractivity contribution in [2.45, 2.75) is 13.0 Å². The highest BCUT2D eigenvalue weighted by Crippen LogP contribution is 2.38. The van der Waals surface area contributed by atoms with Crippen LogP contribution in [0.2, 0.25) is 10.0 Å². The molecule has 33 heavy (non-hydrogen) atoms. The molecule has 0 aliphatic carbocycles. The van der Waals surface area contributed by atoms with E-state index >= 15 is 0 Å². The average molecular weight is 493 g/mol. The molecule has 1 aromatic carbocycles. The maximum atomic E-state index is 14.0. The Labute approximate surface area is 201 Å². The molecule has 0 amide bonds. The number of methoxy groups -OCH3 is 1. The number of nitrogens with two attached hydrogens (primary N) is 1. The molecular weight excluding hydrogens is 470 g/mol. The number of halogens is 3. The summed E-state index contributed by atoms with van der Waals surface area (Å²) < 4.78 is 31.0. The molecule has 0 bridgehead atoms. The summed E-state index contributed by atoms with van der Waals surface area (Å²) in [5.41, 5.74) is 7.80. The molecular formula is C23H23Cl2FN4O3. The molecule has 2 N–H and O–H groups in total. The first-order chi connectivity index (χ1) is 15.9. The zero-order chi connectivity index (χ0) is 23.5. The number of hydrogen-bond acceptors (Lipinski definition) is 7. The van der Waals surface area contributed by atoms with Crippen molar-refractivity contribution in [3.05, 3.63) is 58.1 Å². The summed E-state index contributed by atoms with van der Waals surface area (Å²) in [4.78, 5) is 11.0. The number of benzene rings is 1. The van der Waals surface area contributed by atoms with Crippen LogP contribution in [0.1, 0.15) is 18.6 Å². The van der Waals surface area contributed by atoms with Crippen LogP contribution in [0.5, 0.6) is 11.5 Å². The first-order valence-corrected chi connectivity index (χ1v) is 11.1. The quantitative estimate of drug-likeness (QED) is 0.475. The zero-order valence-corrected chi connectivity index (χ0v) is 19.7. The van der Waals surface area contributed by atoms with E-state index < -0.39 is 11.9 Å². The molecule has 174 valence electrons. The van der Waals surface area contributed by atoms with Crippen molar-refractivity contribution in [1.82, 2.24) is 9.97 Å². The molecule has 1 saturated heterocycles. The lowest BCUT2D eigenvalue weighted by atomic mass is 10.1. The fourth-order valence-electron chi connectivity index (χ4n) is 3.64. The van der Waals surface area contributed by atoms with Crippen molar-refractivity contribution < 1.29 is 18.6 Å². The minimum atomic E-state index is -0.677. The van der Waals surface area contributed by atoms with E-state index in [0.29, 0.717) is 40.9 Å². The van der Waals surface area contributed by atoms with Gasteiger partial charge >= 0.3 is 0 Å². The molecule has 1 aliphatic rings. The van der Waals surface area contributed by atoms with Gasteiger partial charge in [0.25, 0.3) is 0 Å². The molecule has 0 unspecified atom stereocenters. The standard InChI is InChI=1S/C23H23Cl2FN4O3/c1-13(21-16(24)3-4-17(26)22(21)25)33-19-9-14(11-29-23(19)27)15-12-28-20(10-18(15)31-2)30-5-7-32-8-6-30/h3-4,9-13H,5-8H2,1-2H3,(H2,27,29)/t13-/m1/s1.